The highest BCUT2D eigenvalue weighted by molar-refractivity contribution is 5.95. The van der Waals surface area contributed by atoms with E-state index in [2.05, 4.69) is 26.0 Å². The molecule has 6 aliphatic rings. The number of carbonyl (C=O) groups is 1. The van der Waals surface area contributed by atoms with Gasteiger partial charge in [-0.25, -0.2) is 0 Å². The van der Waals surface area contributed by atoms with Crippen LogP contribution >= 0.6 is 0 Å². The van der Waals surface area contributed by atoms with E-state index in [1.54, 1.807) is 6.92 Å². The predicted molar refractivity (Wildman–Crippen MR) is 156 cm³/mol. The lowest BCUT2D eigenvalue weighted by Crippen LogP contribution is -2.64. The smallest absolute Gasteiger partial charge is 0.187 e. The second-order valence-electron chi connectivity index (χ2n) is 14.6. The van der Waals surface area contributed by atoms with E-state index in [-0.39, 0.29) is 22.7 Å². The van der Waals surface area contributed by atoms with Crippen molar-refractivity contribution >= 4 is 5.78 Å². The molecule has 0 radical (unpaired) electrons. The van der Waals surface area contributed by atoms with Crippen LogP contribution in [0.2, 0.25) is 0 Å². The van der Waals surface area contributed by atoms with Gasteiger partial charge in [-0.1, -0.05) is 31.6 Å². The van der Waals surface area contributed by atoms with Gasteiger partial charge >= 0.3 is 0 Å². The van der Waals surface area contributed by atoms with E-state index >= 15 is 0 Å². The van der Waals surface area contributed by atoms with E-state index in [0.717, 1.165) is 44.1 Å². The first kappa shape index (κ1) is 32.7. The first-order chi connectivity index (χ1) is 20.8. The Kier molecular flexibility index (Phi) is 8.97. The summed E-state index contributed by atoms with van der Waals surface area (Å²) >= 11 is 0. The lowest BCUT2D eigenvalue weighted by Gasteiger charge is -2.58. The molecule has 0 unspecified atom stereocenters. The largest absolute Gasteiger partial charge is 0.394 e. The molecule has 4 fully saturated rings. The Morgan fingerprint density at radius 1 is 0.864 bits per heavy atom. The summed E-state index contributed by atoms with van der Waals surface area (Å²) in [4.78, 5) is 12.4. The first-order valence-corrected chi connectivity index (χ1v) is 16.3. The maximum absolute atomic E-state index is 12.4. The number of ether oxygens (including phenoxy) is 4. The SMILES string of the molecule is CC(=O)C1=CC[C@H]2[C@@H]3CC=C4C[C@@H](O[C@@H]5O[C@H](CO)[C@@H](O[C@@H]6O[C@@H](C)[C@H](O)[C@@H](O)[C@H]6O)[C@H](O)[C@H]5O)CC[C@]4(C)[C@H]3CC[C@]12C. The molecule has 0 amide bonds. The van der Waals surface area contributed by atoms with Gasteiger partial charge in [0.15, 0.2) is 18.4 Å². The van der Waals surface area contributed by atoms with Crippen molar-refractivity contribution in [2.75, 3.05) is 6.61 Å². The molecule has 2 aliphatic heterocycles. The van der Waals surface area contributed by atoms with Gasteiger partial charge in [-0.3, -0.25) is 4.79 Å². The van der Waals surface area contributed by atoms with Gasteiger partial charge in [0.2, 0.25) is 0 Å². The van der Waals surface area contributed by atoms with E-state index in [9.17, 15) is 35.4 Å². The third kappa shape index (κ3) is 5.25. The molecule has 2 saturated carbocycles. The van der Waals surface area contributed by atoms with Gasteiger partial charge in [-0.05, 0) is 93.0 Å². The summed E-state index contributed by atoms with van der Waals surface area (Å²) in [7, 11) is 0. The lowest BCUT2D eigenvalue weighted by molar-refractivity contribution is -0.360. The Morgan fingerprint density at radius 3 is 2.25 bits per heavy atom. The van der Waals surface area contributed by atoms with Crippen LogP contribution < -0.4 is 0 Å². The van der Waals surface area contributed by atoms with Crippen molar-refractivity contribution in [3.63, 3.8) is 0 Å². The number of rotatable bonds is 6. The molecule has 248 valence electrons. The van der Waals surface area contributed by atoms with Crippen molar-refractivity contribution in [1.29, 1.82) is 0 Å². The molecule has 6 rings (SSSR count). The van der Waals surface area contributed by atoms with Crippen LogP contribution in [0.5, 0.6) is 0 Å². The summed E-state index contributed by atoms with van der Waals surface area (Å²) in [5, 5.41) is 62.6. The number of aliphatic hydroxyl groups is 6. The van der Waals surface area contributed by atoms with Crippen LogP contribution in [0.3, 0.4) is 0 Å². The molecular formula is C33H50O11. The number of hydrogen-bond donors (Lipinski definition) is 6. The molecule has 16 atom stereocenters. The fourth-order valence-corrected chi connectivity index (χ4v) is 9.66. The number of hydrogen-bond acceptors (Lipinski definition) is 11. The van der Waals surface area contributed by atoms with Crippen LogP contribution in [0.15, 0.2) is 23.3 Å². The van der Waals surface area contributed by atoms with E-state index in [1.165, 1.54) is 12.5 Å². The summed E-state index contributed by atoms with van der Waals surface area (Å²) in [5.74, 6) is 1.76. The molecule has 2 saturated heterocycles. The standard InChI is InChI=1S/C33H50O11/c1-15(35)20-7-8-21-19-6-5-17-13-18(9-11-32(17,3)22(19)10-12-33(20,21)4)42-31-28(40)26(38)29(23(14-34)43-31)44-30-27(39)25(37)24(36)16(2)41-30/h5,7,16,18-19,21-31,34,36-40H,6,8-14H2,1-4H3/t16-,18-,19-,21-,22-,23+,24-,25+,26+,27+,28+,29+,30-,31+,32-,33+/m0/s1. The van der Waals surface area contributed by atoms with Crippen LogP contribution in [0.1, 0.15) is 72.6 Å². The fourth-order valence-electron chi connectivity index (χ4n) is 9.66. The molecule has 2 heterocycles. The van der Waals surface area contributed by atoms with Crippen molar-refractivity contribution in [3.05, 3.63) is 23.3 Å². The monoisotopic (exact) mass is 622 g/mol. The topological polar surface area (TPSA) is 175 Å². The molecule has 0 aromatic rings. The molecule has 0 bridgehead atoms. The number of carbonyl (C=O) groups excluding carboxylic acids is 1. The van der Waals surface area contributed by atoms with Gasteiger partial charge < -0.3 is 49.6 Å². The van der Waals surface area contributed by atoms with Crippen LogP contribution in [-0.4, -0.2) is 111 Å². The first-order valence-electron chi connectivity index (χ1n) is 16.3. The minimum absolute atomic E-state index is 0.0321. The zero-order chi connectivity index (χ0) is 31.7. The molecule has 0 aromatic heterocycles. The van der Waals surface area contributed by atoms with Crippen LogP contribution in [0, 0.1) is 28.6 Å². The molecule has 4 aliphatic carbocycles. The number of aliphatic hydroxyl groups excluding tert-OH is 6. The zero-order valence-electron chi connectivity index (χ0n) is 26.1. The van der Waals surface area contributed by atoms with Gasteiger partial charge in [0.05, 0.1) is 18.8 Å². The molecule has 11 heteroatoms. The van der Waals surface area contributed by atoms with Crippen LogP contribution in [-0.2, 0) is 23.7 Å². The summed E-state index contributed by atoms with van der Waals surface area (Å²) in [6, 6.07) is 0. The highest BCUT2D eigenvalue weighted by Crippen LogP contribution is 2.65. The molecule has 11 nitrogen and oxygen atoms in total. The van der Waals surface area contributed by atoms with Gasteiger partial charge in [-0.2, -0.15) is 0 Å². The van der Waals surface area contributed by atoms with Gasteiger partial charge in [-0.15, -0.1) is 0 Å². The average Bonchev–Trinajstić information content (AvgIpc) is 3.36. The number of Topliss-reactive ketones (excluding diaryl/α,β-unsaturated/α-hetero) is 1. The third-order valence-corrected chi connectivity index (χ3v) is 12.3. The maximum atomic E-state index is 12.4. The number of allylic oxidation sites excluding steroid dienone is 3. The van der Waals surface area contributed by atoms with Crippen LogP contribution in [0.4, 0.5) is 0 Å². The van der Waals surface area contributed by atoms with E-state index in [1.807, 2.05) is 0 Å². The number of ketones is 1. The fraction of sp³-hybridized carbons (Fsp3) is 0.848. The van der Waals surface area contributed by atoms with Crippen molar-refractivity contribution in [1.82, 2.24) is 0 Å². The average molecular weight is 623 g/mol. The quantitative estimate of drug-likeness (QED) is 0.234. The minimum Gasteiger partial charge on any atom is -0.394 e. The Labute approximate surface area is 258 Å². The van der Waals surface area contributed by atoms with E-state index in [4.69, 9.17) is 18.9 Å². The molecule has 0 aromatic carbocycles. The third-order valence-electron chi connectivity index (χ3n) is 12.3. The summed E-state index contributed by atoms with van der Waals surface area (Å²) in [6.45, 7) is 7.31. The van der Waals surface area contributed by atoms with Crippen LogP contribution in [0.25, 0.3) is 0 Å². The van der Waals surface area contributed by atoms with Crippen molar-refractivity contribution < 1.29 is 54.4 Å². The summed E-state index contributed by atoms with van der Waals surface area (Å²) in [5.41, 5.74) is 2.39. The summed E-state index contributed by atoms with van der Waals surface area (Å²) in [6.07, 6.45) is -2.64. The predicted octanol–water partition coefficient (Wildman–Crippen LogP) is 1.11. The molecular weight excluding hydrogens is 572 g/mol. The Morgan fingerprint density at radius 2 is 1.55 bits per heavy atom. The van der Waals surface area contributed by atoms with Gasteiger partial charge in [0.25, 0.3) is 0 Å². The molecule has 44 heavy (non-hydrogen) atoms. The van der Waals surface area contributed by atoms with Crippen molar-refractivity contribution in [2.24, 2.45) is 28.6 Å². The highest BCUT2D eigenvalue weighted by Gasteiger charge is 2.58. The van der Waals surface area contributed by atoms with E-state index in [0.29, 0.717) is 24.2 Å². The lowest BCUT2D eigenvalue weighted by atomic mass is 9.47. The van der Waals surface area contributed by atoms with Gasteiger partial charge in [0.1, 0.15) is 42.7 Å². The Bertz CT molecular complexity index is 1150. The Balaban J connectivity index is 1.10. The Hall–Kier alpha value is -1.25. The highest BCUT2D eigenvalue weighted by atomic mass is 16.7. The van der Waals surface area contributed by atoms with Crippen molar-refractivity contribution in [2.45, 2.75) is 140 Å². The normalized spacial score (nSPS) is 52.3. The summed E-state index contributed by atoms with van der Waals surface area (Å²) < 4.78 is 23.4. The maximum Gasteiger partial charge on any atom is 0.187 e. The zero-order valence-corrected chi connectivity index (χ0v) is 26.1. The van der Waals surface area contributed by atoms with E-state index < -0.39 is 68.0 Å². The minimum atomic E-state index is -1.61. The second-order valence-corrected chi connectivity index (χ2v) is 14.6. The second kappa shape index (κ2) is 12.1. The molecule has 0 spiro atoms. The number of fused-ring (bicyclic) bond motifs is 5. The van der Waals surface area contributed by atoms with Gasteiger partial charge in [0, 0.05) is 0 Å². The van der Waals surface area contributed by atoms with Crippen molar-refractivity contribution in [3.8, 4) is 0 Å². The molecule has 6 N–H and O–H groups in total.